The van der Waals surface area contributed by atoms with Crippen LogP contribution >= 0.6 is 0 Å². The highest BCUT2D eigenvalue weighted by molar-refractivity contribution is 6.32. The zero-order valence-electron chi connectivity index (χ0n) is 9.59. The van der Waals surface area contributed by atoms with Gasteiger partial charge in [0.05, 0.1) is 11.0 Å². The SMILES string of the molecule is [B]c1cccc(-c2nc3ccccc3n2C)c1. The molecule has 0 aliphatic carbocycles. The number of fused-ring (bicyclic) bond motifs is 1. The summed E-state index contributed by atoms with van der Waals surface area (Å²) >= 11 is 0. The van der Waals surface area contributed by atoms with E-state index in [0.717, 1.165) is 27.9 Å². The molecule has 1 heterocycles. The van der Waals surface area contributed by atoms with Crippen molar-refractivity contribution in [2.75, 3.05) is 0 Å². The standard InChI is InChI=1S/C14H11BN2/c1-17-13-8-3-2-7-12(13)16-14(17)10-5-4-6-11(15)9-10/h2-9H,1H3. The summed E-state index contributed by atoms with van der Waals surface area (Å²) in [6, 6.07) is 15.9. The fourth-order valence-electron chi connectivity index (χ4n) is 2.08. The lowest BCUT2D eigenvalue weighted by Crippen LogP contribution is -2.02. The molecule has 17 heavy (non-hydrogen) atoms. The molecule has 0 aliphatic rings. The van der Waals surface area contributed by atoms with Gasteiger partial charge in [0.2, 0.25) is 0 Å². The van der Waals surface area contributed by atoms with Crippen LogP contribution in [0.4, 0.5) is 0 Å². The van der Waals surface area contributed by atoms with Crippen LogP contribution in [0.5, 0.6) is 0 Å². The summed E-state index contributed by atoms with van der Waals surface area (Å²) in [5, 5.41) is 0. The van der Waals surface area contributed by atoms with Crippen LogP contribution in [0.25, 0.3) is 22.4 Å². The van der Waals surface area contributed by atoms with Gasteiger partial charge in [-0.25, -0.2) is 4.98 Å². The van der Waals surface area contributed by atoms with E-state index in [4.69, 9.17) is 7.85 Å². The number of aryl methyl sites for hydroxylation is 1. The van der Waals surface area contributed by atoms with Crippen LogP contribution in [0, 0.1) is 0 Å². The molecule has 0 spiro atoms. The highest BCUT2D eigenvalue weighted by atomic mass is 15.1. The molecule has 0 N–H and O–H groups in total. The molecular weight excluding hydrogens is 207 g/mol. The van der Waals surface area contributed by atoms with Crippen molar-refractivity contribution in [3.63, 3.8) is 0 Å². The number of rotatable bonds is 1. The lowest BCUT2D eigenvalue weighted by Gasteiger charge is -2.03. The van der Waals surface area contributed by atoms with E-state index in [-0.39, 0.29) is 0 Å². The van der Waals surface area contributed by atoms with Gasteiger partial charge in [0, 0.05) is 12.6 Å². The van der Waals surface area contributed by atoms with E-state index in [0.29, 0.717) is 0 Å². The molecule has 0 bridgehead atoms. The van der Waals surface area contributed by atoms with Crippen LogP contribution in [-0.4, -0.2) is 17.4 Å². The molecule has 2 nitrogen and oxygen atoms in total. The van der Waals surface area contributed by atoms with Crippen molar-refractivity contribution in [1.29, 1.82) is 0 Å². The predicted molar refractivity (Wildman–Crippen MR) is 71.5 cm³/mol. The van der Waals surface area contributed by atoms with Crippen LogP contribution in [0.1, 0.15) is 0 Å². The molecule has 3 heteroatoms. The third-order valence-electron chi connectivity index (χ3n) is 2.93. The third-order valence-corrected chi connectivity index (χ3v) is 2.93. The highest BCUT2D eigenvalue weighted by Crippen LogP contribution is 2.22. The average molecular weight is 218 g/mol. The minimum absolute atomic E-state index is 0.759. The lowest BCUT2D eigenvalue weighted by atomic mass is 9.94. The van der Waals surface area contributed by atoms with Gasteiger partial charge in [-0.05, 0) is 12.1 Å². The van der Waals surface area contributed by atoms with Crippen molar-refractivity contribution < 1.29 is 0 Å². The lowest BCUT2D eigenvalue weighted by molar-refractivity contribution is 0.959. The maximum atomic E-state index is 5.80. The van der Waals surface area contributed by atoms with E-state index >= 15 is 0 Å². The van der Waals surface area contributed by atoms with E-state index in [1.54, 1.807) is 0 Å². The van der Waals surface area contributed by atoms with Gasteiger partial charge < -0.3 is 4.57 Å². The monoisotopic (exact) mass is 218 g/mol. The number of nitrogens with zero attached hydrogens (tertiary/aromatic N) is 2. The summed E-state index contributed by atoms with van der Waals surface area (Å²) in [5.41, 5.74) is 3.94. The van der Waals surface area contributed by atoms with Gasteiger partial charge in [-0.15, -0.1) is 0 Å². The minimum atomic E-state index is 0.759. The first kappa shape index (κ1) is 10.1. The van der Waals surface area contributed by atoms with Gasteiger partial charge in [-0.1, -0.05) is 41.9 Å². The van der Waals surface area contributed by atoms with Crippen molar-refractivity contribution in [3.05, 3.63) is 48.5 Å². The second kappa shape index (κ2) is 3.77. The fourth-order valence-corrected chi connectivity index (χ4v) is 2.08. The first-order valence-electron chi connectivity index (χ1n) is 5.53. The van der Waals surface area contributed by atoms with Crippen molar-refractivity contribution in [2.24, 2.45) is 7.05 Å². The Bertz CT molecular complexity index is 686. The predicted octanol–water partition coefficient (Wildman–Crippen LogP) is 2.03. The molecule has 0 unspecified atom stereocenters. The molecule has 1 aromatic heterocycles. The maximum absolute atomic E-state index is 5.80. The zero-order valence-corrected chi connectivity index (χ0v) is 9.59. The van der Waals surface area contributed by atoms with E-state index in [1.807, 2.05) is 49.5 Å². The molecule has 0 atom stereocenters. The topological polar surface area (TPSA) is 17.8 Å². The molecule has 0 saturated carbocycles. The summed E-state index contributed by atoms with van der Waals surface area (Å²) in [6.07, 6.45) is 0. The Morgan fingerprint density at radius 2 is 1.88 bits per heavy atom. The van der Waals surface area contributed by atoms with Gasteiger partial charge in [0.15, 0.2) is 0 Å². The van der Waals surface area contributed by atoms with Crippen molar-refractivity contribution in [3.8, 4) is 11.4 Å². The Morgan fingerprint density at radius 1 is 1.06 bits per heavy atom. The fraction of sp³-hybridized carbons (Fsp3) is 0.0714. The average Bonchev–Trinajstić information content (AvgIpc) is 2.68. The second-order valence-electron chi connectivity index (χ2n) is 4.11. The Kier molecular flexibility index (Phi) is 2.25. The molecular formula is C14H11BN2. The molecule has 2 radical (unpaired) electrons. The van der Waals surface area contributed by atoms with Gasteiger partial charge >= 0.3 is 0 Å². The molecule has 80 valence electrons. The smallest absolute Gasteiger partial charge is 0.140 e. The number of aromatic nitrogens is 2. The van der Waals surface area contributed by atoms with E-state index in [9.17, 15) is 0 Å². The Morgan fingerprint density at radius 3 is 2.65 bits per heavy atom. The summed E-state index contributed by atoms with van der Waals surface area (Å²) in [4.78, 5) is 4.63. The van der Waals surface area contributed by atoms with Crippen molar-refractivity contribution in [2.45, 2.75) is 0 Å². The first-order chi connectivity index (χ1) is 8.25. The first-order valence-corrected chi connectivity index (χ1v) is 5.53. The molecule has 0 fully saturated rings. The van der Waals surface area contributed by atoms with Crippen LogP contribution in [0.2, 0.25) is 0 Å². The van der Waals surface area contributed by atoms with Crippen LogP contribution in [-0.2, 0) is 7.05 Å². The van der Waals surface area contributed by atoms with Gasteiger partial charge in [-0.2, -0.15) is 0 Å². The van der Waals surface area contributed by atoms with Gasteiger partial charge in [0.25, 0.3) is 0 Å². The summed E-state index contributed by atoms with van der Waals surface area (Å²) in [6.45, 7) is 0. The number of hydrogen-bond donors (Lipinski definition) is 0. The summed E-state index contributed by atoms with van der Waals surface area (Å²) < 4.78 is 2.09. The van der Waals surface area contributed by atoms with Crippen LogP contribution < -0.4 is 5.46 Å². The molecule has 2 aromatic carbocycles. The van der Waals surface area contributed by atoms with E-state index < -0.39 is 0 Å². The van der Waals surface area contributed by atoms with Crippen LogP contribution in [0.3, 0.4) is 0 Å². The summed E-state index contributed by atoms with van der Waals surface area (Å²) in [5.74, 6) is 0.943. The van der Waals surface area contributed by atoms with Gasteiger partial charge in [0.1, 0.15) is 13.7 Å². The normalized spacial score (nSPS) is 10.9. The zero-order chi connectivity index (χ0) is 11.8. The van der Waals surface area contributed by atoms with Crippen molar-refractivity contribution >= 4 is 24.3 Å². The molecule has 0 aliphatic heterocycles. The molecule has 3 rings (SSSR count). The van der Waals surface area contributed by atoms with Crippen LogP contribution in [0.15, 0.2) is 48.5 Å². The number of para-hydroxylation sites is 2. The maximum Gasteiger partial charge on any atom is 0.140 e. The Labute approximate surface area is 101 Å². The van der Waals surface area contributed by atoms with E-state index in [1.165, 1.54) is 0 Å². The summed E-state index contributed by atoms with van der Waals surface area (Å²) in [7, 11) is 7.82. The number of hydrogen-bond acceptors (Lipinski definition) is 1. The van der Waals surface area contributed by atoms with Gasteiger partial charge in [-0.3, -0.25) is 0 Å². The number of benzene rings is 2. The molecule has 3 aromatic rings. The Hall–Kier alpha value is -2.03. The third kappa shape index (κ3) is 1.64. The number of imidazole rings is 1. The van der Waals surface area contributed by atoms with E-state index in [2.05, 4.69) is 15.6 Å². The molecule has 0 amide bonds. The van der Waals surface area contributed by atoms with Crippen molar-refractivity contribution in [1.82, 2.24) is 9.55 Å². The highest BCUT2D eigenvalue weighted by Gasteiger charge is 2.08. The minimum Gasteiger partial charge on any atom is -0.327 e. The second-order valence-corrected chi connectivity index (χ2v) is 4.11. The Balaban J connectivity index is 2.27. The quantitative estimate of drug-likeness (QED) is 0.571. The largest absolute Gasteiger partial charge is 0.327 e. The molecule has 0 saturated heterocycles.